The number of aromatic nitrogens is 2. The number of anilines is 1. The van der Waals surface area contributed by atoms with Crippen LogP contribution in [0.2, 0.25) is 5.15 Å². The van der Waals surface area contributed by atoms with Gasteiger partial charge in [-0.3, -0.25) is 10.1 Å². The van der Waals surface area contributed by atoms with Crippen LogP contribution in [0.15, 0.2) is 0 Å². The van der Waals surface area contributed by atoms with Gasteiger partial charge in [0.05, 0.1) is 4.92 Å². The van der Waals surface area contributed by atoms with Gasteiger partial charge in [0.1, 0.15) is 5.69 Å². The average Bonchev–Trinajstić information content (AvgIpc) is 1.99. The molecule has 0 fully saturated rings. The predicted octanol–water partition coefficient (Wildman–Crippen LogP) is 1.82. The Kier molecular flexibility index (Phi) is 3.41. The van der Waals surface area contributed by atoms with Crippen LogP contribution in [0.5, 0.6) is 0 Å². The van der Waals surface area contributed by atoms with Crippen molar-refractivity contribution in [2.24, 2.45) is 5.92 Å². The SMILES string of the molecule is CC(C)Cc1nc(N)nc(Cl)c1[N+](=O)[O-]. The molecule has 0 aliphatic heterocycles. The number of hydrogen-bond acceptors (Lipinski definition) is 5. The van der Waals surface area contributed by atoms with Crippen molar-refractivity contribution in [1.82, 2.24) is 9.97 Å². The molecule has 0 bridgehead atoms. The number of nitro groups is 1. The largest absolute Gasteiger partial charge is 0.368 e. The van der Waals surface area contributed by atoms with E-state index in [0.717, 1.165) is 0 Å². The lowest BCUT2D eigenvalue weighted by molar-refractivity contribution is -0.386. The molecule has 1 heterocycles. The Labute approximate surface area is 91.6 Å². The molecule has 0 radical (unpaired) electrons. The van der Waals surface area contributed by atoms with Gasteiger partial charge in [-0.05, 0) is 12.3 Å². The van der Waals surface area contributed by atoms with E-state index in [-0.39, 0.29) is 28.4 Å². The minimum atomic E-state index is -0.584. The molecule has 0 atom stereocenters. The lowest BCUT2D eigenvalue weighted by atomic mass is 10.1. The van der Waals surface area contributed by atoms with Crippen LogP contribution >= 0.6 is 11.6 Å². The van der Waals surface area contributed by atoms with Crippen LogP contribution in [0, 0.1) is 16.0 Å². The lowest BCUT2D eigenvalue weighted by Gasteiger charge is -2.06. The molecule has 1 aromatic rings. The molecule has 7 heteroatoms. The van der Waals surface area contributed by atoms with Gasteiger partial charge >= 0.3 is 5.69 Å². The number of nitrogens with two attached hydrogens (primary N) is 1. The highest BCUT2D eigenvalue weighted by atomic mass is 35.5. The summed E-state index contributed by atoms with van der Waals surface area (Å²) in [7, 11) is 0. The maximum absolute atomic E-state index is 10.7. The lowest BCUT2D eigenvalue weighted by Crippen LogP contribution is -2.07. The first kappa shape index (κ1) is 11.6. The van der Waals surface area contributed by atoms with Crippen LogP contribution in [0.25, 0.3) is 0 Å². The Hall–Kier alpha value is -1.43. The highest BCUT2D eigenvalue weighted by Crippen LogP contribution is 2.27. The summed E-state index contributed by atoms with van der Waals surface area (Å²) < 4.78 is 0. The molecule has 2 N–H and O–H groups in total. The summed E-state index contributed by atoms with van der Waals surface area (Å²) >= 11 is 5.64. The molecule has 0 aliphatic rings. The summed E-state index contributed by atoms with van der Waals surface area (Å²) in [4.78, 5) is 17.5. The molecular weight excluding hydrogens is 220 g/mol. The minimum absolute atomic E-state index is 0.0405. The summed E-state index contributed by atoms with van der Waals surface area (Å²) in [5.74, 6) is 0.190. The highest BCUT2D eigenvalue weighted by Gasteiger charge is 2.23. The number of halogens is 1. The quantitative estimate of drug-likeness (QED) is 0.485. The van der Waals surface area contributed by atoms with Gasteiger partial charge < -0.3 is 5.73 Å². The third-order valence-corrected chi connectivity index (χ3v) is 1.98. The maximum Gasteiger partial charge on any atom is 0.327 e. The molecule has 0 spiro atoms. The summed E-state index contributed by atoms with van der Waals surface area (Å²) in [5, 5.41) is 10.5. The number of nitrogens with zero attached hydrogens (tertiary/aromatic N) is 3. The van der Waals surface area contributed by atoms with Gasteiger partial charge in [0.15, 0.2) is 0 Å². The van der Waals surface area contributed by atoms with E-state index in [1.54, 1.807) is 0 Å². The normalized spacial score (nSPS) is 10.7. The first-order chi connectivity index (χ1) is 6.91. The van der Waals surface area contributed by atoms with E-state index in [4.69, 9.17) is 17.3 Å². The highest BCUT2D eigenvalue weighted by molar-refractivity contribution is 6.31. The van der Waals surface area contributed by atoms with Crippen molar-refractivity contribution in [3.63, 3.8) is 0 Å². The molecule has 6 nitrogen and oxygen atoms in total. The van der Waals surface area contributed by atoms with E-state index in [2.05, 4.69) is 9.97 Å². The molecule has 0 saturated carbocycles. The van der Waals surface area contributed by atoms with Crippen molar-refractivity contribution in [2.45, 2.75) is 20.3 Å². The second-order valence-corrected chi connectivity index (χ2v) is 3.88. The Balaban J connectivity index is 3.27. The van der Waals surface area contributed by atoms with Crippen molar-refractivity contribution in [1.29, 1.82) is 0 Å². The van der Waals surface area contributed by atoms with Crippen molar-refractivity contribution in [3.8, 4) is 0 Å². The zero-order chi connectivity index (χ0) is 11.6. The molecule has 15 heavy (non-hydrogen) atoms. The summed E-state index contributed by atoms with van der Waals surface area (Å²) in [5.41, 5.74) is 5.41. The molecule has 0 saturated heterocycles. The third-order valence-electron chi connectivity index (χ3n) is 1.72. The maximum atomic E-state index is 10.7. The molecule has 0 aliphatic carbocycles. The van der Waals surface area contributed by atoms with Crippen LogP contribution in [-0.2, 0) is 6.42 Å². The van der Waals surface area contributed by atoms with Crippen LogP contribution < -0.4 is 5.73 Å². The molecule has 0 amide bonds. The Bertz CT molecular complexity index is 394. The van der Waals surface area contributed by atoms with E-state index < -0.39 is 4.92 Å². The standard InChI is InChI=1S/C8H11ClN4O2/c1-4(2)3-5-6(13(14)15)7(9)12-8(10)11-5/h4H,3H2,1-2H3,(H2,10,11,12). The fraction of sp³-hybridized carbons (Fsp3) is 0.500. The van der Waals surface area contributed by atoms with Crippen LogP contribution in [0.4, 0.5) is 11.6 Å². The van der Waals surface area contributed by atoms with Crippen molar-refractivity contribution in [3.05, 3.63) is 21.0 Å². The zero-order valence-corrected chi connectivity index (χ0v) is 9.15. The van der Waals surface area contributed by atoms with Gasteiger partial charge in [0, 0.05) is 0 Å². The Morgan fingerprint density at radius 2 is 2.13 bits per heavy atom. The molecule has 1 rings (SSSR count). The summed E-state index contributed by atoms with van der Waals surface area (Å²) in [6.45, 7) is 3.85. The average molecular weight is 231 g/mol. The summed E-state index contributed by atoms with van der Waals surface area (Å²) in [6.07, 6.45) is 0.447. The number of rotatable bonds is 3. The topological polar surface area (TPSA) is 94.9 Å². The van der Waals surface area contributed by atoms with E-state index >= 15 is 0 Å². The Morgan fingerprint density at radius 1 is 1.53 bits per heavy atom. The van der Waals surface area contributed by atoms with E-state index in [9.17, 15) is 10.1 Å². The molecule has 0 unspecified atom stereocenters. The summed E-state index contributed by atoms with van der Waals surface area (Å²) in [6, 6.07) is 0. The molecule has 1 aromatic heterocycles. The van der Waals surface area contributed by atoms with E-state index in [1.165, 1.54) is 0 Å². The van der Waals surface area contributed by atoms with Gasteiger partial charge in [0.2, 0.25) is 11.1 Å². The van der Waals surface area contributed by atoms with Gasteiger partial charge in [0.25, 0.3) is 0 Å². The predicted molar refractivity (Wildman–Crippen MR) is 56.7 cm³/mol. The smallest absolute Gasteiger partial charge is 0.327 e. The van der Waals surface area contributed by atoms with Gasteiger partial charge in [-0.25, -0.2) is 4.98 Å². The zero-order valence-electron chi connectivity index (χ0n) is 8.40. The monoisotopic (exact) mass is 230 g/mol. The van der Waals surface area contributed by atoms with E-state index in [0.29, 0.717) is 6.42 Å². The van der Waals surface area contributed by atoms with E-state index in [1.807, 2.05) is 13.8 Å². The van der Waals surface area contributed by atoms with Crippen molar-refractivity contribution in [2.75, 3.05) is 5.73 Å². The number of hydrogen-bond donors (Lipinski definition) is 1. The third kappa shape index (κ3) is 2.76. The van der Waals surface area contributed by atoms with Gasteiger partial charge in [-0.2, -0.15) is 4.98 Å². The Morgan fingerprint density at radius 3 is 2.60 bits per heavy atom. The second-order valence-electron chi connectivity index (χ2n) is 3.52. The van der Waals surface area contributed by atoms with Crippen molar-refractivity contribution < 1.29 is 4.92 Å². The van der Waals surface area contributed by atoms with Crippen molar-refractivity contribution >= 4 is 23.2 Å². The molecular formula is C8H11ClN4O2. The minimum Gasteiger partial charge on any atom is -0.368 e. The first-order valence-electron chi connectivity index (χ1n) is 4.38. The van der Waals surface area contributed by atoms with Crippen LogP contribution in [0.1, 0.15) is 19.5 Å². The van der Waals surface area contributed by atoms with Gasteiger partial charge in [-0.15, -0.1) is 0 Å². The fourth-order valence-electron chi connectivity index (χ4n) is 1.20. The number of nitrogen functional groups attached to an aromatic ring is 1. The van der Waals surface area contributed by atoms with Gasteiger partial charge in [-0.1, -0.05) is 25.4 Å². The van der Waals surface area contributed by atoms with Crippen LogP contribution in [0.3, 0.4) is 0 Å². The van der Waals surface area contributed by atoms with Crippen LogP contribution in [-0.4, -0.2) is 14.9 Å². The first-order valence-corrected chi connectivity index (χ1v) is 4.76. The molecule has 82 valence electrons. The molecule has 0 aromatic carbocycles. The fourth-order valence-corrected chi connectivity index (χ4v) is 1.46. The second kappa shape index (κ2) is 4.39.